The van der Waals surface area contributed by atoms with E-state index in [-0.39, 0.29) is 5.91 Å². The third kappa shape index (κ3) is 4.24. The van der Waals surface area contributed by atoms with Gasteiger partial charge in [0, 0.05) is 35.8 Å². The number of pyridine rings is 2. The number of aromatic nitrogens is 4. The summed E-state index contributed by atoms with van der Waals surface area (Å²) >= 11 is 0. The van der Waals surface area contributed by atoms with Gasteiger partial charge in [-0.1, -0.05) is 36.4 Å². The number of hydrogen-bond donors (Lipinski definition) is 2. The van der Waals surface area contributed by atoms with E-state index < -0.39 is 0 Å². The van der Waals surface area contributed by atoms with Gasteiger partial charge < -0.3 is 10.2 Å². The summed E-state index contributed by atoms with van der Waals surface area (Å²) in [6.07, 6.45) is 7.88. The normalized spacial score (nSPS) is 13.3. The van der Waals surface area contributed by atoms with Gasteiger partial charge in [0.25, 0.3) is 5.91 Å². The summed E-state index contributed by atoms with van der Waals surface area (Å²) in [6, 6.07) is 21.8. The summed E-state index contributed by atoms with van der Waals surface area (Å²) in [5.74, 6) is -0.286. The predicted octanol–water partition coefficient (Wildman–Crippen LogP) is 5.54. The Labute approximate surface area is 202 Å². The van der Waals surface area contributed by atoms with E-state index >= 15 is 0 Å². The number of anilines is 2. The van der Waals surface area contributed by atoms with Gasteiger partial charge in [-0.05, 0) is 48.7 Å². The maximum Gasteiger partial charge on any atom is 0.276 e. The molecule has 0 radical (unpaired) electrons. The molecule has 5 aromatic rings. The van der Waals surface area contributed by atoms with Crippen LogP contribution in [0.4, 0.5) is 11.4 Å². The molecule has 2 aromatic carbocycles. The van der Waals surface area contributed by atoms with Crippen molar-refractivity contribution >= 4 is 28.2 Å². The van der Waals surface area contributed by atoms with E-state index in [2.05, 4.69) is 36.4 Å². The number of aromatic amines is 1. The number of amides is 1. The first kappa shape index (κ1) is 21.0. The molecular formula is C28H24N6O. The number of hydrogen-bond acceptors (Lipinski definition) is 5. The van der Waals surface area contributed by atoms with Gasteiger partial charge >= 0.3 is 0 Å². The molecule has 7 nitrogen and oxygen atoms in total. The van der Waals surface area contributed by atoms with Crippen molar-refractivity contribution in [2.45, 2.75) is 12.8 Å². The highest BCUT2D eigenvalue weighted by molar-refractivity contribution is 6.11. The number of rotatable bonds is 5. The van der Waals surface area contributed by atoms with Gasteiger partial charge in [-0.2, -0.15) is 5.10 Å². The second kappa shape index (κ2) is 9.02. The van der Waals surface area contributed by atoms with Crippen LogP contribution in [0.3, 0.4) is 0 Å². The van der Waals surface area contributed by atoms with Crippen LogP contribution in [0.15, 0.2) is 85.3 Å². The first-order valence-corrected chi connectivity index (χ1v) is 11.8. The molecular weight excluding hydrogens is 436 g/mol. The van der Waals surface area contributed by atoms with Crippen molar-refractivity contribution < 1.29 is 4.79 Å². The van der Waals surface area contributed by atoms with E-state index in [0.29, 0.717) is 11.4 Å². The average Bonchev–Trinajstić information content (AvgIpc) is 3.60. The van der Waals surface area contributed by atoms with E-state index in [1.54, 1.807) is 6.20 Å². The van der Waals surface area contributed by atoms with E-state index in [4.69, 9.17) is 0 Å². The van der Waals surface area contributed by atoms with Gasteiger partial charge in [-0.15, -0.1) is 0 Å². The number of fused-ring (bicyclic) bond motifs is 1. The molecule has 172 valence electrons. The van der Waals surface area contributed by atoms with Crippen molar-refractivity contribution in [3.8, 4) is 22.4 Å². The molecule has 1 aliphatic heterocycles. The second-order valence-electron chi connectivity index (χ2n) is 8.71. The zero-order chi connectivity index (χ0) is 23.6. The summed E-state index contributed by atoms with van der Waals surface area (Å²) in [5.41, 5.74) is 6.79. The molecule has 3 aromatic heterocycles. The Morgan fingerprint density at radius 3 is 2.51 bits per heavy atom. The minimum absolute atomic E-state index is 0.286. The molecule has 0 aliphatic carbocycles. The highest BCUT2D eigenvalue weighted by Gasteiger charge is 2.17. The molecule has 0 unspecified atom stereocenters. The summed E-state index contributed by atoms with van der Waals surface area (Å²) in [4.78, 5) is 24.4. The molecule has 1 aliphatic rings. The lowest BCUT2D eigenvalue weighted by atomic mass is 10.0. The van der Waals surface area contributed by atoms with Crippen LogP contribution in [0.2, 0.25) is 0 Å². The summed E-state index contributed by atoms with van der Waals surface area (Å²) in [5, 5.41) is 10.9. The fraction of sp³-hybridized carbons (Fsp3) is 0.143. The predicted molar refractivity (Wildman–Crippen MR) is 138 cm³/mol. The number of carbonyl (C=O) groups excluding carboxylic acids is 1. The van der Waals surface area contributed by atoms with Gasteiger partial charge in [0.1, 0.15) is 0 Å². The quantitative estimate of drug-likeness (QED) is 0.360. The number of nitrogens with zero attached hydrogens (tertiary/aromatic N) is 4. The van der Waals surface area contributed by atoms with Crippen LogP contribution < -0.4 is 10.2 Å². The van der Waals surface area contributed by atoms with Gasteiger partial charge in [0.15, 0.2) is 5.69 Å². The van der Waals surface area contributed by atoms with Crippen molar-refractivity contribution in [2.75, 3.05) is 23.3 Å². The molecule has 0 bridgehead atoms. The van der Waals surface area contributed by atoms with E-state index in [0.717, 1.165) is 52.1 Å². The van der Waals surface area contributed by atoms with Crippen molar-refractivity contribution in [2.24, 2.45) is 0 Å². The number of carbonyl (C=O) groups is 1. The Morgan fingerprint density at radius 2 is 1.71 bits per heavy atom. The lowest BCUT2D eigenvalue weighted by Gasteiger charge is -2.17. The van der Waals surface area contributed by atoms with Gasteiger partial charge in [0.05, 0.1) is 35.0 Å². The maximum atomic E-state index is 13.1. The lowest BCUT2D eigenvalue weighted by molar-refractivity contribution is 0.102. The molecule has 35 heavy (non-hydrogen) atoms. The Balaban J connectivity index is 1.25. The molecule has 0 saturated carbocycles. The third-order valence-electron chi connectivity index (χ3n) is 6.40. The Bertz CT molecular complexity index is 1490. The fourth-order valence-electron chi connectivity index (χ4n) is 4.54. The monoisotopic (exact) mass is 460 g/mol. The first-order chi connectivity index (χ1) is 17.2. The van der Waals surface area contributed by atoms with E-state index in [1.807, 2.05) is 73.1 Å². The summed E-state index contributed by atoms with van der Waals surface area (Å²) in [7, 11) is 0. The highest BCUT2D eigenvalue weighted by atomic mass is 16.1. The Hall–Kier alpha value is -4.52. The van der Waals surface area contributed by atoms with Crippen LogP contribution in [0.1, 0.15) is 23.3 Å². The Morgan fingerprint density at radius 1 is 0.857 bits per heavy atom. The lowest BCUT2D eigenvalue weighted by Crippen LogP contribution is -2.17. The van der Waals surface area contributed by atoms with Gasteiger partial charge in [-0.25, -0.2) is 0 Å². The fourth-order valence-corrected chi connectivity index (χ4v) is 4.54. The molecule has 1 amide bonds. The topological polar surface area (TPSA) is 86.8 Å². The summed E-state index contributed by atoms with van der Waals surface area (Å²) < 4.78 is 0. The standard InChI is InChI=1S/C28H24N6O/c35-28(31-22-9-11-25(30-17-22)19-6-2-1-3-7-19)27-24-15-20(8-10-26(24)32-33-27)21-14-23(18-29-16-21)34-12-4-5-13-34/h1-3,6-11,14-18H,4-5,12-13H2,(H,31,35)(H,32,33). The van der Waals surface area contributed by atoms with Crippen LogP contribution in [0.5, 0.6) is 0 Å². The minimum atomic E-state index is -0.286. The average molecular weight is 461 g/mol. The second-order valence-corrected chi connectivity index (χ2v) is 8.71. The highest BCUT2D eigenvalue weighted by Crippen LogP contribution is 2.29. The number of H-pyrrole nitrogens is 1. The number of benzene rings is 2. The first-order valence-electron chi connectivity index (χ1n) is 11.8. The van der Waals surface area contributed by atoms with Crippen molar-refractivity contribution in [1.29, 1.82) is 0 Å². The van der Waals surface area contributed by atoms with Crippen molar-refractivity contribution in [3.63, 3.8) is 0 Å². The van der Waals surface area contributed by atoms with E-state index in [9.17, 15) is 4.79 Å². The Kier molecular flexibility index (Phi) is 5.42. The maximum absolute atomic E-state index is 13.1. The summed E-state index contributed by atoms with van der Waals surface area (Å²) in [6.45, 7) is 2.13. The zero-order valence-corrected chi connectivity index (χ0v) is 19.1. The molecule has 7 heteroatoms. The SMILES string of the molecule is O=C(Nc1ccc(-c2ccccc2)nc1)c1n[nH]c2ccc(-c3cncc(N4CCCC4)c3)cc12. The van der Waals surface area contributed by atoms with Crippen LogP contribution in [-0.4, -0.2) is 39.2 Å². The van der Waals surface area contributed by atoms with Gasteiger partial charge in [0.2, 0.25) is 0 Å². The van der Waals surface area contributed by atoms with Crippen molar-refractivity contribution in [3.05, 3.63) is 91.0 Å². The molecule has 1 saturated heterocycles. The molecule has 0 spiro atoms. The van der Waals surface area contributed by atoms with Crippen LogP contribution in [0.25, 0.3) is 33.3 Å². The van der Waals surface area contributed by atoms with Crippen LogP contribution in [0, 0.1) is 0 Å². The van der Waals surface area contributed by atoms with Crippen molar-refractivity contribution in [1.82, 2.24) is 20.2 Å². The third-order valence-corrected chi connectivity index (χ3v) is 6.40. The molecule has 1 fully saturated rings. The van der Waals surface area contributed by atoms with E-state index in [1.165, 1.54) is 12.8 Å². The van der Waals surface area contributed by atoms with Crippen LogP contribution in [-0.2, 0) is 0 Å². The van der Waals surface area contributed by atoms with Crippen LogP contribution >= 0.6 is 0 Å². The molecule has 6 rings (SSSR count). The smallest absolute Gasteiger partial charge is 0.276 e. The molecule has 4 heterocycles. The number of nitrogens with one attached hydrogen (secondary N) is 2. The molecule has 2 N–H and O–H groups in total. The largest absolute Gasteiger partial charge is 0.370 e. The minimum Gasteiger partial charge on any atom is -0.370 e. The zero-order valence-electron chi connectivity index (χ0n) is 19.1. The van der Waals surface area contributed by atoms with Gasteiger partial charge in [-0.3, -0.25) is 19.9 Å². The molecule has 0 atom stereocenters.